The zero-order chi connectivity index (χ0) is 11.9. The van der Waals surface area contributed by atoms with Gasteiger partial charge in [0.2, 0.25) is 0 Å². The van der Waals surface area contributed by atoms with Crippen LogP contribution in [0.5, 0.6) is 0 Å². The van der Waals surface area contributed by atoms with Crippen molar-refractivity contribution >= 4 is 29.4 Å². The first-order chi connectivity index (χ1) is 7.52. The van der Waals surface area contributed by atoms with Crippen LogP contribution >= 0.6 is 12.2 Å². The van der Waals surface area contributed by atoms with Crippen LogP contribution in [0.4, 0.5) is 0 Å². The molecule has 84 valence electrons. The van der Waals surface area contributed by atoms with Crippen LogP contribution in [0.2, 0.25) is 0 Å². The molecular weight excluding hydrogens is 226 g/mol. The fourth-order valence-electron chi connectivity index (χ4n) is 1.68. The van der Waals surface area contributed by atoms with Gasteiger partial charge in [-0.2, -0.15) is 0 Å². The Hall–Kier alpha value is -1.69. The second-order valence-electron chi connectivity index (χ2n) is 3.76. The largest absolute Gasteiger partial charge is 0.478 e. The zero-order valence-corrected chi connectivity index (χ0v) is 9.71. The Morgan fingerprint density at radius 1 is 1.62 bits per heavy atom. The summed E-state index contributed by atoms with van der Waals surface area (Å²) in [4.78, 5) is 18.1. The number of nitrogens with zero attached hydrogens (tertiary/aromatic N) is 2. The molecule has 0 amide bonds. The zero-order valence-electron chi connectivity index (χ0n) is 8.89. The first-order valence-electron chi connectivity index (χ1n) is 4.85. The van der Waals surface area contributed by atoms with E-state index in [4.69, 9.17) is 17.3 Å². The van der Waals surface area contributed by atoms with E-state index in [2.05, 4.69) is 9.97 Å². The summed E-state index contributed by atoms with van der Waals surface area (Å²) in [5.74, 6) is -0.987. The minimum atomic E-state index is -0.987. The lowest BCUT2D eigenvalue weighted by Gasteiger charge is -2.06. The van der Waals surface area contributed by atoms with E-state index in [9.17, 15) is 4.79 Å². The second-order valence-corrected chi connectivity index (χ2v) is 4.14. The van der Waals surface area contributed by atoms with Crippen LogP contribution in [0.15, 0.2) is 12.3 Å². The van der Waals surface area contributed by atoms with E-state index in [1.807, 2.05) is 13.8 Å². The molecule has 2 aromatic heterocycles. The lowest BCUT2D eigenvalue weighted by Crippen LogP contribution is -2.03. The van der Waals surface area contributed by atoms with Gasteiger partial charge >= 0.3 is 5.97 Å². The summed E-state index contributed by atoms with van der Waals surface area (Å²) in [5, 5.41) is 9.03. The summed E-state index contributed by atoms with van der Waals surface area (Å²) in [6.45, 7) is 3.94. The van der Waals surface area contributed by atoms with Gasteiger partial charge in [-0.25, -0.2) is 9.78 Å². The number of pyridine rings is 1. The van der Waals surface area contributed by atoms with Gasteiger partial charge in [-0.3, -0.25) is 4.57 Å². The standard InChI is InChI=1S/C10H11N3O2S/c1-5(2)13-8-7(12-10(13)16)6(9(14)15)3-4-11-8/h3-5H,1-2H3,(H,12,16)(H,14,15). The molecule has 0 spiro atoms. The van der Waals surface area contributed by atoms with Crippen molar-refractivity contribution in [1.82, 2.24) is 14.5 Å². The maximum atomic E-state index is 11.0. The molecule has 0 saturated carbocycles. The van der Waals surface area contributed by atoms with Crippen LogP contribution in [0.3, 0.4) is 0 Å². The van der Waals surface area contributed by atoms with Gasteiger partial charge in [-0.1, -0.05) is 0 Å². The van der Waals surface area contributed by atoms with E-state index in [1.165, 1.54) is 12.3 Å². The van der Waals surface area contributed by atoms with Gasteiger partial charge < -0.3 is 10.1 Å². The van der Waals surface area contributed by atoms with Crippen molar-refractivity contribution in [2.24, 2.45) is 0 Å². The number of nitrogens with one attached hydrogen (secondary N) is 1. The number of aromatic amines is 1. The first-order valence-corrected chi connectivity index (χ1v) is 5.25. The van der Waals surface area contributed by atoms with Gasteiger partial charge in [0.25, 0.3) is 0 Å². The number of carbonyl (C=O) groups is 1. The van der Waals surface area contributed by atoms with Crippen LogP contribution in [-0.2, 0) is 0 Å². The molecule has 0 bridgehead atoms. The predicted molar refractivity (Wildman–Crippen MR) is 62.3 cm³/mol. The number of carboxylic acid groups (broad SMARTS) is 1. The molecule has 2 heterocycles. The summed E-state index contributed by atoms with van der Waals surface area (Å²) in [6.07, 6.45) is 1.48. The topological polar surface area (TPSA) is 70.9 Å². The molecule has 2 rings (SSSR count). The van der Waals surface area contributed by atoms with Crippen LogP contribution < -0.4 is 0 Å². The minimum absolute atomic E-state index is 0.137. The van der Waals surface area contributed by atoms with Gasteiger partial charge in [0, 0.05) is 12.2 Å². The van der Waals surface area contributed by atoms with Crippen molar-refractivity contribution in [2.75, 3.05) is 0 Å². The van der Waals surface area contributed by atoms with Crippen molar-refractivity contribution in [3.05, 3.63) is 22.6 Å². The third kappa shape index (κ3) is 1.51. The number of hydrogen-bond donors (Lipinski definition) is 2. The van der Waals surface area contributed by atoms with Crippen molar-refractivity contribution in [3.8, 4) is 0 Å². The third-order valence-corrected chi connectivity index (χ3v) is 2.66. The van der Waals surface area contributed by atoms with Crippen LogP contribution in [0, 0.1) is 4.77 Å². The molecule has 6 heteroatoms. The molecule has 0 saturated heterocycles. The van der Waals surface area contributed by atoms with E-state index in [-0.39, 0.29) is 11.6 Å². The van der Waals surface area contributed by atoms with Crippen molar-refractivity contribution in [1.29, 1.82) is 0 Å². The normalized spacial score (nSPS) is 11.2. The van der Waals surface area contributed by atoms with Crippen LogP contribution in [0.25, 0.3) is 11.2 Å². The van der Waals surface area contributed by atoms with Gasteiger partial charge in [-0.05, 0) is 32.1 Å². The number of rotatable bonds is 2. The fourth-order valence-corrected chi connectivity index (χ4v) is 2.08. The van der Waals surface area contributed by atoms with Crippen LogP contribution in [-0.4, -0.2) is 25.6 Å². The SMILES string of the molecule is CC(C)n1c(=S)[nH]c2c(C(=O)O)ccnc21. The number of carboxylic acids is 1. The Morgan fingerprint density at radius 2 is 2.31 bits per heavy atom. The molecular formula is C10H11N3O2S. The Kier molecular flexibility index (Phi) is 2.51. The highest BCUT2D eigenvalue weighted by Crippen LogP contribution is 2.19. The number of H-pyrrole nitrogens is 1. The molecule has 0 unspecified atom stereocenters. The smallest absolute Gasteiger partial charge is 0.338 e. The maximum absolute atomic E-state index is 11.0. The first kappa shape index (κ1) is 10.8. The second kappa shape index (κ2) is 3.71. The molecule has 0 aromatic carbocycles. The average molecular weight is 237 g/mol. The van der Waals surface area contributed by atoms with E-state index in [0.29, 0.717) is 15.9 Å². The van der Waals surface area contributed by atoms with Crippen molar-refractivity contribution in [2.45, 2.75) is 19.9 Å². The lowest BCUT2D eigenvalue weighted by atomic mass is 10.2. The van der Waals surface area contributed by atoms with Gasteiger partial charge in [0.1, 0.15) is 0 Å². The molecule has 2 N–H and O–H groups in total. The summed E-state index contributed by atoms with van der Waals surface area (Å²) in [6, 6.07) is 1.60. The van der Waals surface area contributed by atoms with Gasteiger partial charge in [0.05, 0.1) is 11.1 Å². The van der Waals surface area contributed by atoms with E-state index >= 15 is 0 Å². The summed E-state index contributed by atoms with van der Waals surface area (Å²) < 4.78 is 2.29. The number of aromatic carboxylic acids is 1. The fraction of sp³-hybridized carbons (Fsp3) is 0.300. The van der Waals surface area contributed by atoms with Crippen molar-refractivity contribution in [3.63, 3.8) is 0 Å². The third-order valence-electron chi connectivity index (χ3n) is 2.36. The number of imidazole rings is 1. The summed E-state index contributed by atoms with van der Waals surface area (Å²) in [5.41, 5.74) is 1.25. The number of fused-ring (bicyclic) bond motifs is 1. The lowest BCUT2D eigenvalue weighted by molar-refractivity contribution is 0.0698. The van der Waals surface area contributed by atoms with E-state index < -0.39 is 5.97 Å². The Bertz CT molecular complexity index is 612. The Labute approximate surface area is 96.7 Å². The molecule has 0 aliphatic carbocycles. The molecule has 0 fully saturated rings. The quantitative estimate of drug-likeness (QED) is 0.787. The summed E-state index contributed by atoms with van der Waals surface area (Å²) >= 11 is 5.15. The van der Waals surface area contributed by atoms with Gasteiger partial charge in [-0.15, -0.1) is 0 Å². The number of aromatic nitrogens is 3. The minimum Gasteiger partial charge on any atom is -0.478 e. The highest BCUT2D eigenvalue weighted by Gasteiger charge is 2.15. The van der Waals surface area contributed by atoms with E-state index in [0.717, 1.165) is 0 Å². The molecule has 16 heavy (non-hydrogen) atoms. The molecule has 0 aliphatic heterocycles. The molecule has 2 aromatic rings. The monoisotopic (exact) mass is 237 g/mol. The van der Waals surface area contributed by atoms with E-state index in [1.54, 1.807) is 4.57 Å². The predicted octanol–water partition coefficient (Wildman–Crippen LogP) is 2.37. The Morgan fingerprint density at radius 3 is 2.88 bits per heavy atom. The Balaban J connectivity index is 2.88. The molecule has 0 aliphatic rings. The average Bonchev–Trinajstić information content (AvgIpc) is 2.52. The molecule has 0 radical (unpaired) electrons. The van der Waals surface area contributed by atoms with Gasteiger partial charge in [0.15, 0.2) is 10.4 Å². The maximum Gasteiger partial charge on any atom is 0.338 e. The summed E-state index contributed by atoms with van der Waals surface area (Å²) in [7, 11) is 0. The number of hydrogen-bond acceptors (Lipinski definition) is 3. The van der Waals surface area contributed by atoms with Crippen LogP contribution in [0.1, 0.15) is 30.2 Å². The van der Waals surface area contributed by atoms with Crippen molar-refractivity contribution < 1.29 is 9.90 Å². The highest BCUT2D eigenvalue weighted by molar-refractivity contribution is 7.71. The highest BCUT2D eigenvalue weighted by atomic mass is 32.1. The molecule has 5 nitrogen and oxygen atoms in total. The molecule has 0 atom stereocenters.